The molecule has 34 heavy (non-hydrogen) atoms. The van der Waals surface area contributed by atoms with Crippen LogP contribution in [0, 0.1) is 20.8 Å². The van der Waals surface area contributed by atoms with Crippen LogP contribution in [0.15, 0.2) is 47.8 Å². The van der Waals surface area contributed by atoms with E-state index in [0.29, 0.717) is 17.9 Å². The summed E-state index contributed by atoms with van der Waals surface area (Å²) >= 11 is 1.41. The number of rotatable bonds is 7. The number of hydrogen-bond acceptors (Lipinski definition) is 5. The molecule has 1 fully saturated rings. The maximum Gasteiger partial charge on any atom is 0.271 e. The monoisotopic (exact) mass is 477 g/mol. The zero-order valence-corrected chi connectivity index (χ0v) is 20.7. The summed E-state index contributed by atoms with van der Waals surface area (Å²) in [6, 6.07) is 13.4. The van der Waals surface area contributed by atoms with Crippen LogP contribution in [-0.4, -0.2) is 28.9 Å². The quantitative estimate of drug-likeness (QED) is 0.495. The lowest BCUT2D eigenvalue weighted by Gasteiger charge is -2.32. The molecule has 0 unspecified atom stereocenters. The van der Waals surface area contributed by atoms with Crippen molar-refractivity contribution >= 4 is 23.2 Å². The number of amides is 2. The van der Waals surface area contributed by atoms with Crippen LogP contribution in [0.5, 0.6) is 5.75 Å². The first kappa shape index (κ1) is 24.0. The molecule has 3 aromatic rings. The van der Waals surface area contributed by atoms with Gasteiger partial charge in [-0.1, -0.05) is 36.6 Å². The number of aryl methyl sites for hydroxylation is 3. The summed E-state index contributed by atoms with van der Waals surface area (Å²) in [7, 11) is 0. The fourth-order valence-electron chi connectivity index (χ4n) is 4.32. The van der Waals surface area contributed by atoms with Gasteiger partial charge in [0.25, 0.3) is 11.8 Å². The number of carbonyl (C=O) groups excluding carboxylic acids is 2. The third-order valence-electron chi connectivity index (χ3n) is 6.05. The van der Waals surface area contributed by atoms with E-state index in [1.54, 1.807) is 5.38 Å². The number of nitrogens with one attached hydrogen (secondary N) is 2. The molecule has 0 spiro atoms. The number of carbonyl (C=O) groups is 2. The Morgan fingerprint density at radius 2 is 1.53 bits per heavy atom. The molecule has 7 heteroatoms. The van der Waals surface area contributed by atoms with E-state index in [1.165, 1.54) is 11.3 Å². The molecule has 1 aromatic heterocycles. The molecule has 0 saturated heterocycles. The molecule has 0 aliphatic heterocycles. The van der Waals surface area contributed by atoms with E-state index < -0.39 is 0 Å². The highest BCUT2D eigenvalue weighted by molar-refractivity contribution is 7.09. The van der Waals surface area contributed by atoms with Gasteiger partial charge in [-0.3, -0.25) is 9.59 Å². The highest BCUT2D eigenvalue weighted by Gasteiger charge is 2.29. The molecule has 2 amide bonds. The minimum atomic E-state index is -0.213. The first-order valence-electron chi connectivity index (χ1n) is 11.7. The highest BCUT2D eigenvalue weighted by atomic mass is 32.1. The molecule has 0 bridgehead atoms. The molecule has 1 aliphatic carbocycles. The van der Waals surface area contributed by atoms with E-state index in [9.17, 15) is 9.59 Å². The Labute approximate surface area is 204 Å². The molecule has 2 N–H and O–H groups in total. The van der Waals surface area contributed by atoms with Crippen molar-refractivity contribution in [2.45, 2.75) is 65.1 Å². The number of nitrogens with zero attached hydrogens (tertiary/aromatic N) is 1. The van der Waals surface area contributed by atoms with Crippen LogP contribution in [0.4, 0.5) is 0 Å². The minimum Gasteiger partial charge on any atom is -0.486 e. The van der Waals surface area contributed by atoms with E-state index in [4.69, 9.17) is 4.74 Å². The molecular weight excluding hydrogens is 446 g/mol. The van der Waals surface area contributed by atoms with E-state index in [2.05, 4.69) is 21.7 Å². The van der Waals surface area contributed by atoms with Crippen molar-refractivity contribution in [1.29, 1.82) is 0 Å². The van der Waals surface area contributed by atoms with Crippen LogP contribution in [-0.2, 0) is 6.61 Å². The van der Waals surface area contributed by atoms with Gasteiger partial charge in [0.05, 0.1) is 0 Å². The smallest absolute Gasteiger partial charge is 0.271 e. The summed E-state index contributed by atoms with van der Waals surface area (Å²) in [5.74, 6) is 0.481. The standard InChI is InChI=1S/C27H31N3O3S/c1-17-8-10-20(11-9-17)26(31)29-22-6-4-5-7-23(22)30-27(32)24-16-34-25(28-24)15-33-21-13-18(2)12-19(3)14-21/h8-14,16,22-23H,4-7,15H2,1-3H3,(H,29,31)(H,30,32)/t22-,23+/m1/s1. The van der Waals surface area contributed by atoms with Gasteiger partial charge in [0, 0.05) is 23.0 Å². The van der Waals surface area contributed by atoms with Gasteiger partial charge in [0.1, 0.15) is 23.1 Å². The van der Waals surface area contributed by atoms with Crippen molar-refractivity contribution in [1.82, 2.24) is 15.6 Å². The lowest BCUT2D eigenvalue weighted by Crippen LogP contribution is -2.53. The highest BCUT2D eigenvalue weighted by Crippen LogP contribution is 2.21. The number of aromatic nitrogens is 1. The topological polar surface area (TPSA) is 80.3 Å². The molecule has 0 radical (unpaired) electrons. The molecule has 1 aliphatic rings. The SMILES string of the molecule is Cc1ccc(C(=O)N[C@@H]2CCCC[C@@H]2NC(=O)c2csc(COc3cc(C)cc(C)c3)n2)cc1. The molecule has 1 saturated carbocycles. The van der Waals surface area contributed by atoms with Gasteiger partial charge in [-0.05, 0) is 69.0 Å². The minimum absolute atomic E-state index is 0.0995. The second kappa shape index (κ2) is 10.8. The van der Waals surface area contributed by atoms with E-state index in [0.717, 1.165) is 53.1 Å². The van der Waals surface area contributed by atoms with Crippen molar-refractivity contribution in [3.63, 3.8) is 0 Å². The van der Waals surface area contributed by atoms with Gasteiger partial charge < -0.3 is 15.4 Å². The van der Waals surface area contributed by atoms with Gasteiger partial charge in [0.15, 0.2) is 0 Å². The molecule has 2 atom stereocenters. The maximum absolute atomic E-state index is 12.9. The number of benzene rings is 2. The molecule has 4 rings (SSSR count). The zero-order valence-electron chi connectivity index (χ0n) is 19.9. The fourth-order valence-corrected chi connectivity index (χ4v) is 5.00. The zero-order chi connectivity index (χ0) is 24.1. The summed E-state index contributed by atoms with van der Waals surface area (Å²) in [5.41, 5.74) is 4.42. The maximum atomic E-state index is 12.9. The second-order valence-corrected chi connectivity index (χ2v) is 9.99. The first-order valence-corrected chi connectivity index (χ1v) is 12.6. The number of hydrogen-bond donors (Lipinski definition) is 2. The molecule has 178 valence electrons. The molecular formula is C27H31N3O3S. The largest absolute Gasteiger partial charge is 0.486 e. The third kappa shape index (κ3) is 6.23. The van der Waals surface area contributed by atoms with Crippen LogP contribution in [0.25, 0.3) is 0 Å². The Kier molecular flexibility index (Phi) is 7.63. The average molecular weight is 478 g/mol. The van der Waals surface area contributed by atoms with Crippen LogP contribution in [0.3, 0.4) is 0 Å². The normalized spacial score (nSPS) is 17.7. The number of ether oxygens (including phenoxy) is 1. The predicted molar refractivity (Wildman–Crippen MR) is 135 cm³/mol. The summed E-state index contributed by atoms with van der Waals surface area (Å²) < 4.78 is 5.88. The Hall–Kier alpha value is -3.19. The van der Waals surface area contributed by atoms with Crippen molar-refractivity contribution < 1.29 is 14.3 Å². The van der Waals surface area contributed by atoms with Gasteiger partial charge in [-0.15, -0.1) is 11.3 Å². The summed E-state index contributed by atoms with van der Waals surface area (Å²) in [6.45, 7) is 6.38. The van der Waals surface area contributed by atoms with Crippen LogP contribution in [0.2, 0.25) is 0 Å². The Morgan fingerprint density at radius 3 is 2.18 bits per heavy atom. The predicted octanol–water partition coefficient (Wildman–Crippen LogP) is 5.12. The molecule has 6 nitrogen and oxygen atoms in total. The Morgan fingerprint density at radius 1 is 0.912 bits per heavy atom. The van der Waals surface area contributed by atoms with E-state index in [1.807, 2.05) is 57.2 Å². The van der Waals surface area contributed by atoms with Gasteiger partial charge >= 0.3 is 0 Å². The lowest BCUT2D eigenvalue weighted by atomic mass is 9.90. The van der Waals surface area contributed by atoms with Crippen molar-refractivity contribution in [2.75, 3.05) is 0 Å². The molecule has 2 aromatic carbocycles. The lowest BCUT2D eigenvalue weighted by molar-refractivity contribution is 0.0860. The Balaban J connectivity index is 1.34. The van der Waals surface area contributed by atoms with Crippen molar-refractivity contribution in [3.05, 3.63) is 80.8 Å². The molecule has 1 heterocycles. The number of thiazole rings is 1. The van der Waals surface area contributed by atoms with Gasteiger partial charge in [-0.25, -0.2) is 4.98 Å². The second-order valence-electron chi connectivity index (χ2n) is 9.05. The third-order valence-corrected chi connectivity index (χ3v) is 6.88. The summed E-state index contributed by atoms with van der Waals surface area (Å²) in [5, 5.41) is 8.74. The fraction of sp³-hybridized carbons (Fsp3) is 0.370. The average Bonchev–Trinajstić information content (AvgIpc) is 3.28. The van der Waals surface area contributed by atoms with E-state index in [-0.39, 0.29) is 23.9 Å². The van der Waals surface area contributed by atoms with Crippen LogP contribution in [0.1, 0.15) is 68.2 Å². The van der Waals surface area contributed by atoms with Gasteiger partial charge in [-0.2, -0.15) is 0 Å². The summed E-state index contributed by atoms with van der Waals surface area (Å²) in [4.78, 5) is 30.1. The summed E-state index contributed by atoms with van der Waals surface area (Å²) in [6.07, 6.45) is 3.72. The Bertz CT molecular complexity index is 1140. The van der Waals surface area contributed by atoms with Gasteiger partial charge in [0.2, 0.25) is 0 Å². The van der Waals surface area contributed by atoms with Crippen molar-refractivity contribution in [2.24, 2.45) is 0 Å². The van der Waals surface area contributed by atoms with Crippen molar-refractivity contribution in [3.8, 4) is 5.75 Å². The van der Waals surface area contributed by atoms with E-state index >= 15 is 0 Å². The van der Waals surface area contributed by atoms with Crippen LogP contribution >= 0.6 is 11.3 Å². The van der Waals surface area contributed by atoms with Crippen LogP contribution < -0.4 is 15.4 Å². The first-order chi connectivity index (χ1) is 16.4.